The fourth-order valence-electron chi connectivity index (χ4n) is 4.52. The maximum Gasteiger partial charge on any atom is 0.243 e. The maximum absolute atomic E-state index is 14.7. The number of amides is 2. The minimum atomic E-state index is -3.59. The zero-order valence-electron chi connectivity index (χ0n) is 23.3. The van der Waals surface area contributed by atoms with E-state index >= 15 is 0 Å². The van der Waals surface area contributed by atoms with Crippen molar-refractivity contribution in [3.63, 3.8) is 0 Å². The van der Waals surface area contributed by atoms with Crippen molar-refractivity contribution >= 4 is 27.5 Å². The second kappa shape index (κ2) is 14.6. The van der Waals surface area contributed by atoms with Crippen LogP contribution >= 0.6 is 0 Å². The monoisotopic (exact) mass is 567 g/mol. The number of nitrogens with zero attached hydrogens (tertiary/aromatic N) is 2. The first-order valence-corrected chi connectivity index (χ1v) is 15.3. The minimum Gasteiger partial charge on any atom is -0.354 e. The third-order valence-electron chi connectivity index (χ3n) is 6.56. The second-order valence-corrected chi connectivity index (χ2v) is 11.8. The summed E-state index contributed by atoms with van der Waals surface area (Å²) in [5, 5.41) is 2.90. The van der Waals surface area contributed by atoms with Crippen LogP contribution in [0.15, 0.2) is 78.9 Å². The molecule has 214 valence electrons. The van der Waals surface area contributed by atoms with Crippen molar-refractivity contribution in [3.8, 4) is 0 Å². The van der Waals surface area contributed by atoms with Crippen molar-refractivity contribution in [3.05, 3.63) is 101 Å². The molecule has 7 nitrogen and oxygen atoms in total. The number of aryl methyl sites for hydroxylation is 1. The van der Waals surface area contributed by atoms with E-state index in [1.165, 1.54) is 15.3 Å². The van der Waals surface area contributed by atoms with Crippen LogP contribution in [0.2, 0.25) is 0 Å². The molecule has 3 rings (SSSR count). The van der Waals surface area contributed by atoms with Gasteiger partial charge >= 0.3 is 0 Å². The summed E-state index contributed by atoms with van der Waals surface area (Å²) in [7, 11) is -3.59. The summed E-state index contributed by atoms with van der Waals surface area (Å²) in [5.74, 6) is -1.13. The van der Waals surface area contributed by atoms with Crippen molar-refractivity contribution in [2.24, 2.45) is 0 Å². The standard InChI is InChI=1S/C31H38FN3O4S/c1-4-19-33-31(37)29(22-25-13-6-5-7-14-25)34(23-26-15-8-9-17-28(26)32)30(36)18-11-20-35(40(3,38)39)27-16-10-12-24(2)21-27/h5-10,12-17,21,29H,4,11,18-20,22-23H2,1-3H3,(H,33,37)/t29-/m0/s1. The number of hydrogen-bond acceptors (Lipinski definition) is 4. The molecule has 0 aromatic heterocycles. The molecule has 9 heteroatoms. The lowest BCUT2D eigenvalue weighted by Crippen LogP contribution is -2.50. The Balaban J connectivity index is 1.88. The van der Waals surface area contributed by atoms with Gasteiger partial charge in [0.2, 0.25) is 21.8 Å². The molecule has 0 radical (unpaired) electrons. The first kappa shape index (κ1) is 30.8. The number of hydrogen-bond donors (Lipinski definition) is 1. The third kappa shape index (κ3) is 8.91. The number of sulfonamides is 1. The Bertz CT molecular complexity index is 1380. The van der Waals surface area contributed by atoms with Gasteiger partial charge in [0, 0.05) is 38.0 Å². The summed E-state index contributed by atoms with van der Waals surface area (Å²) < 4.78 is 41.1. The molecule has 0 heterocycles. The highest BCUT2D eigenvalue weighted by Crippen LogP contribution is 2.21. The average Bonchev–Trinajstić information content (AvgIpc) is 2.92. The van der Waals surface area contributed by atoms with Gasteiger partial charge in [0.15, 0.2) is 0 Å². The fraction of sp³-hybridized carbons (Fsp3) is 0.355. The molecule has 0 saturated heterocycles. The number of nitrogens with one attached hydrogen (secondary N) is 1. The van der Waals surface area contributed by atoms with Gasteiger partial charge in [0.25, 0.3) is 0 Å². The molecule has 0 aliphatic rings. The molecule has 0 saturated carbocycles. The van der Waals surface area contributed by atoms with Gasteiger partial charge in [0.1, 0.15) is 11.9 Å². The van der Waals surface area contributed by atoms with Crippen molar-refractivity contribution in [1.29, 1.82) is 0 Å². The largest absolute Gasteiger partial charge is 0.354 e. The minimum absolute atomic E-state index is 0.0152. The average molecular weight is 568 g/mol. The van der Waals surface area contributed by atoms with Gasteiger partial charge in [-0.3, -0.25) is 13.9 Å². The lowest BCUT2D eigenvalue weighted by Gasteiger charge is -2.32. The molecule has 2 amide bonds. The molecule has 0 aliphatic carbocycles. The number of benzene rings is 3. The number of carbonyl (C=O) groups is 2. The Morgan fingerprint density at radius 2 is 1.68 bits per heavy atom. The molecule has 0 aliphatic heterocycles. The normalized spacial score (nSPS) is 12.0. The van der Waals surface area contributed by atoms with Crippen LogP contribution in [0.3, 0.4) is 0 Å². The van der Waals surface area contributed by atoms with Crippen LogP contribution in [-0.2, 0) is 32.6 Å². The summed E-state index contributed by atoms with van der Waals surface area (Å²) in [6.45, 7) is 4.27. The number of halogens is 1. The number of anilines is 1. The van der Waals surface area contributed by atoms with E-state index in [1.807, 2.05) is 50.2 Å². The molecular weight excluding hydrogens is 529 g/mol. The molecular formula is C31H38FN3O4S. The molecule has 40 heavy (non-hydrogen) atoms. The Hall–Kier alpha value is -3.72. The predicted octanol–water partition coefficient (Wildman–Crippen LogP) is 4.85. The second-order valence-electron chi connectivity index (χ2n) is 9.89. The molecule has 1 atom stereocenters. The van der Waals surface area contributed by atoms with E-state index in [0.717, 1.165) is 23.8 Å². The number of rotatable bonds is 14. The van der Waals surface area contributed by atoms with Crippen LogP contribution < -0.4 is 9.62 Å². The first-order chi connectivity index (χ1) is 19.1. The quantitative estimate of drug-likeness (QED) is 0.302. The van der Waals surface area contributed by atoms with Crippen molar-refractivity contribution in [2.45, 2.75) is 52.1 Å². The summed E-state index contributed by atoms with van der Waals surface area (Å²) in [4.78, 5) is 28.5. The van der Waals surface area contributed by atoms with Gasteiger partial charge in [-0.05, 0) is 49.1 Å². The van der Waals surface area contributed by atoms with E-state index < -0.39 is 21.9 Å². The SMILES string of the molecule is CCCNC(=O)[C@H](Cc1ccccc1)N(Cc1ccccc1F)C(=O)CCCN(c1cccc(C)c1)S(C)(=O)=O. The van der Waals surface area contributed by atoms with Crippen LogP contribution in [0, 0.1) is 12.7 Å². The lowest BCUT2D eigenvalue weighted by atomic mass is 10.0. The molecule has 3 aromatic carbocycles. The van der Waals surface area contributed by atoms with Crippen molar-refractivity contribution < 1.29 is 22.4 Å². The van der Waals surface area contributed by atoms with Gasteiger partial charge in [-0.2, -0.15) is 0 Å². The zero-order chi connectivity index (χ0) is 29.1. The molecule has 0 fully saturated rings. The van der Waals surface area contributed by atoms with E-state index in [9.17, 15) is 22.4 Å². The Morgan fingerprint density at radius 3 is 2.33 bits per heavy atom. The Morgan fingerprint density at radius 1 is 0.975 bits per heavy atom. The van der Waals surface area contributed by atoms with E-state index in [0.29, 0.717) is 17.8 Å². The highest BCUT2D eigenvalue weighted by Gasteiger charge is 2.31. The molecule has 0 spiro atoms. The predicted molar refractivity (Wildman–Crippen MR) is 157 cm³/mol. The van der Waals surface area contributed by atoms with Gasteiger partial charge in [-0.25, -0.2) is 12.8 Å². The van der Waals surface area contributed by atoms with Crippen molar-refractivity contribution in [2.75, 3.05) is 23.7 Å². The van der Waals surface area contributed by atoms with E-state index in [-0.39, 0.29) is 44.2 Å². The van der Waals surface area contributed by atoms with Crippen LogP contribution in [0.25, 0.3) is 0 Å². The van der Waals surface area contributed by atoms with E-state index in [1.54, 1.807) is 36.4 Å². The Kier molecular flexibility index (Phi) is 11.3. The summed E-state index contributed by atoms with van der Waals surface area (Å²) in [6, 6.07) is 21.9. The van der Waals surface area contributed by atoms with Gasteiger partial charge in [-0.15, -0.1) is 0 Å². The summed E-state index contributed by atoms with van der Waals surface area (Å²) >= 11 is 0. The van der Waals surface area contributed by atoms with Crippen LogP contribution in [0.1, 0.15) is 42.9 Å². The topological polar surface area (TPSA) is 86.8 Å². The lowest BCUT2D eigenvalue weighted by molar-refractivity contribution is -0.141. The molecule has 1 N–H and O–H groups in total. The highest BCUT2D eigenvalue weighted by atomic mass is 32.2. The van der Waals surface area contributed by atoms with Crippen molar-refractivity contribution in [1.82, 2.24) is 10.2 Å². The number of carbonyl (C=O) groups excluding carboxylic acids is 2. The maximum atomic E-state index is 14.7. The fourth-order valence-corrected chi connectivity index (χ4v) is 5.47. The smallest absolute Gasteiger partial charge is 0.243 e. The van der Waals surface area contributed by atoms with E-state index in [2.05, 4.69) is 5.32 Å². The molecule has 0 unspecified atom stereocenters. The summed E-state index contributed by atoms with van der Waals surface area (Å²) in [5.41, 5.74) is 2.61. The molecule has 3 aromatic rings. The van der Waals surface area contributed by atoms with Gasteiger partial charge in [-0.1, -0.05) is 67.6 Å². The highest BCUT2D eigenvalue weighted by molar-refractivity contribution is 7.92. The van der Waals surface area contributed by atoms with Crippen LogP contribution in [0.5, 0.6) is 0 Å². The van der Waals surface area contributed by atoms with E-state index in [4.69, 9.17) is 0 Å². The summed E-state index contributed by atoms with van der Waals surface area (Å²) in [6.07, 6.45) is 2.33. The van der Waals surface area contributed by atoms with Crippen LogP contribution in [0.4, 0.5) is 10.1 Å². The van der Waals surface area contributed by atoms with Crippen LogP contribution in [-0.4, -0.2) is 50.5 Å². The van der Waals surface area contributed by atoms with Gasteiger partial charge in [0.05, 0.1) is 11.9 Å². The first-order valence-electron chi connectivity index (χ1n) is 13.5. The molecule has 0 bridgehead atoms. The van der Waals surface area contributed by atoms with Gasteiger partial charge < -0.3 is 10.2 Å². The third-order valence-corrected chi connectivity index (χ3v) is 7.75. The Labute approximate surface area is 237 Å². The zero-order valence-corrected chi connectivity index (χ0v) is 24.2.